The number of hydrogen-bond donors (Lipinski definition) is 2. The van der Waals surface area contributed by atoms with E-state index in [0.29, 0.717) is 16.8 Å². The topological polar surface area (TPSA) is 75.4 Å². The van der Waals surface area contributed by atoms with Crippen molar-refractivity contribution in [1.82, 2.24) is 4.98 Å². The van der Waals surface area contributed by atoms with Gasteiger partial charge in [-0.25, -0.2) is 9.78 Å². The molecular formula is C9H8N2O3. The summed E-state index contributed by atoms with van der Waals surface area (Å²) in [6, 6.07) is 3.48. The van der Waals surface area contributed by atoms with Crippen molar-refractivity contribution in [2.45, 2.75) is 0 Å². The second-order valence-electron chi connectivity index (χ2n) is 2.72. The first-order valence-electron chi connectivity index (χ1n) is 4.02. The number of pyridine rings is 1. The molecule has 0 bridgehead atoms. The number of nitrogens with zero attached hydrogens (tertiary/aromatic N) is 1. The maximum atomic E-state index is 10.8. The number of carbonyl (C=O) groups is 1. The fourth-order valence-corrected chi connectivity index (χ4v) is 1.33. The van der Waals surface area contributed by atoms with Crippen LogP contribution in [0.4, 0.5) is 5.69 Å². The Labute approximate surface area is 79.4 Å². The van der Waals surface area contributed by atoms with Crippen LogP contribution in [0.3, 0.4) is 0 Å². The summed E-state index contributed by atoms with van der Waals surface area (Å²) in [7, 11) is 1.64. The lowest BCUT2D eigenvalue weighted by molar-refractivity contribution is 0.0666. The molecule has 0 unspecified atom stereocenters. The standard InChI is InChI=1S/C9H8N2O3/c1-10-6-5-3-2-4-11-8(5)14-7(6)9(12)13/h2-4,10H,1H3,(H,12,13). The summed E-state index contributed by atoms with van der Waals surface area (Å²) in [4.78, 5) is 14.7. The first kappa shape index (κ1) is 8.55. The molecule has 0 aliphatic rings. The Hall–Kier alpha value is -2.04. The first-order chi connectivity index (χ1) is 6.74. The van der Waals surface area contributed by atoms with Gasteiger partial charge in [0.05, 0.1) is 11.1 Å². The van der Waals surface area contributed by atoms with Gasteiger partial charge in [0.25, 0.3) is 0 Å². The summed E-state index contributed by atoms with van der Waals surface area (Å²) < 4.78 is 5.08. The van der Waals surface area contributed by atoms with Crippen LogP contribution in [0.2, 0.25) is 0 Å². The molecule has 14 heavy (non-hydrogen) atoms. The molecule has 2 heterocycles. The average molecular weight is 192 g/mol. The third kappa shape index (κ3) is 1.10. The van der Waals surface area contributed by atoms with E-state index in [2.05, 4.69) is 10.3 Å². The van der Waals surface area contributed by atoms with Gasteiger partial charge in [0.15, 0.2) is 0 Å². The summed E-state index contributed by atoms with van der Waals surface area (Å²) in [6.07, 6.45) is 1.55. The molecule has 0 fully saturated rings. The number of carboxylic acid groups (broad SMARTS) is 1. The van der Waals surface area contributed by atoms with E-state index in [9.17, 15) is 4.79 Å². The van der Waals surface area contributed by atoms with Crippen molar-refractivity contribution >= 4 is 22.8 Å². The second kappa shape index (κ2) is 3.02. The predicted molar refractivity (Wildman–Crippen MR) is 50.5 cm³/mol. The largest absolute Gasteiger partial charge is 0.475 e. The van der Waals surface area contributed by atoms with Crippen LogP contribution >= 0.6 is 0 Å². The lowest BCUT2D eigenvalue weighted by atomic mass is 10.2. The number of fused-ring (bicyclic) bond motifs is 1. The van der Waals surface area contributed by atoms with Gasteiger partial charge in [-0.3, -0.25) is 0 Å². The van der Waals surface area contributed by atoms with Gasteiger partial charge in [-0.2, -0.15) is 0 Å². The van der Waals surface area contributed by atoms with Crippen molar-refractivity contribution < 1.29 is 14.3 Å². The molecule has 0 spiro atoms. The van der Waals surface area contributed by atoms with E-state index in [-0.39, 0.29) is 5.76 Å². The molecule has 5 heteroatoms. The van der Waals surface area contributed by atoms with Crippen molar-refractivity contribution in [3.05, 3.63) is 24.1 Å². The minimum Gasteiger partial charge on any atom is -0.475 e. The average Bonchev–Trinajstić information content (AvgIpc) is 2.56. The predicted octanol–water partition coefficient (Wildman–Crippen LogP) is 1.57. The van der Waals surface area contributed by atoms with E-state index in [1.165, 1.54) is 0 Å². The van der Waals surface area contributed by atoms with E-state index in [1.54, 1.807) is 25.4 Å². The van der Waals surface area contributed by atoms with Crippen molar-refractivity contribution in [3.8, 4) is 0 Å². The SMILES string of the molecule is CNc1c(C(=O)O)oc2ncccc12. The van der Waals surface area contributed by atoms with Crippen LogP contribution in [0, 0.1) is 0 Å². The molecule has 0 atom stereocenters. The number of anilines is 1. The number of nitrogens with one attached hydrogen (secondary N) is 1. The van der Waals surface area contributed by atoms with Crippen molar-refractivity contribution in [2.75, 3.05) is 12.4 Å². The van der Waals surface area contributed by atoms with Crippen LogP contribution in [0.15, 0.2) is 22.7 Å². The quantitative estimate of drug-likeness (QED) is 0.755. The fraction of sp³-hybridized carbons (Fsp3) is 0.111. The molecule has 0 aliphatic carbocycles. The summed E-state index contributed by atoms with van der Waals surface area (Å²) in [5.41, 5.74) is 0.787. The number of aromatic carboxylic acids is 1. The molecule has 2 aromatic rings. The lowest BCUT2D eigenvalue weighted by Crippen LogP contribution is -1.98. The highest BCUT2D eigenvalue weighted by atomic mass is 16.4. The van der Waals surface area contributed by atoms with E-state index >= 15 is 0 Å². The molecule has 0 aliphatic heterocycles. The Morgan fingerprint density at radius 3 is 3.07 bits per heavy atom. The second-order valence-corrected chi connectivity index (χ2v) is 2.72. The van der Waals surface area contributed by atoms with Gasteiger partial charge in [-0.1, -0.05) is 0 Å². The molecule has 0 saturated heterocycles. The maximum absolute atomic E-state index is 10.8. The summed E-state index contributed by atoms with van der Waals surface area (Å²) in [6.45, 7) is 0. The summed E-state index contributed by atoms with van der Waals surface area (Å²) in [5, 5.41) is 12.3. The van der Waals surface area contributed by atoms with Crippen LogP contribution < -0.4 is 5.32 Å². The molecule has 2 N–H and O–H groups in total. The smallest absolute Gasteiger partial charge is 0.374 e. The molecule has 72 valence electrons. The molecule has 0 amide bonds. The number of aromatic nitrogens is 1. The van der Waals surface area contributed by atoms with Crippen LogP contribution in [0.25, 0.3) is 11.1 Å². The zero-order chi connectivity index (χ0) is 10.1. The maximum Gasteiger partial charge on any atom is 0.374 e. The molecular weight excluding hydrogens is 184 g/mol. The van der Waals surface area contributed by atoms with Crippen LogP contribution in [-0.4, -0.2) is 23.1 Å². The molecule has 0 aromatic carbocycles. The van der Waals surface area contributed by atoms with E-state index in [1.807, 2.05) is 0 Å². The lowest BCUT2D eigenvalue weighted by Gasteiger charge is -1.95. The first-order valence-corrected chi connectivity index (χ1v) is 4.02. The molecule has 5 nitrogen and oxygen atoms in total. The number of carboxylic acids is 1. The minimum absolute atomic E-state index is 0.110. The fourth-order valence-electron chi connectivity index (χ4n) is 1.33. The minimum atomic E-state index is -1.10. The van der Waals surface area contributed by atoms with Gasteiger partial charge in [0, 0.05) is 13.2 Å². The zero-order valence-electron chi connectivity index (χ0n) is 7.44. The normalized spacial score (nSPS) is 10.4. The third-order valence-corrected chi connectivity index (χ3v) is 1.91. The Balaban J connectivity index is 2.78. The van der Waals surface area contributed by atoms with Crippen molar-refractivity contribution in [2.24, 2.45) is 0 Å². The Bertz CT molecular complexity index is 490. The molecule has 2 rings (SSSR count). The van der Waals surface area contributed by atoms with Gasteiger partial charge >= 0.3 is 5.97 Å². The van der Waals surface area contributed by atoms with Gasteiger partial charge < -0.3 is 14.8 Å². The van der Waals surface area contributed by atoms with Gasteiger partial charge in [0.1, 0.15) is 0 Å². The molecule has 2 aromatic heterocycles. The highest BCUT2D eigenvalue weighted by molar-refractivity contribution is 6.02. The van der Waals surface area contributed by atoms with Gasteiger partial charge in [0.2, 0.25) is 11.5 Å². The van der Waals surface area contributed by atoms with Crippen molar-refractivity contribution in [3.63, 3.8) is 0 Å². The number of furan rings is 1. The van der Waals surface area contributed by atoms with E-state index < -0.39 is 5.97 Å². The number of rotatable bonds is 2. The highest BCUT2D eigenvalue weighted by Gasteiger charge is 2.18. The Morgan fingerprint density at radius 2 is 2.43 bits per heavy atom. The summed E-state index contributed by atoms with van der Waals surface area (Å²) in [5.74, 6) is -1.21. The third-order valence-electron chi connectivity index (χ3n) is 1.91. The monoisotopic (exact) mass is 192 g/mol. The van der Waals surface area contributed by atoms with Crippen LogP contribution in [0.5, 0.6) is 0 Å². The highest BCUT2D eigenvalue weighted by Crippen LogP contribution is 2.28. The van der Waals surface area contributed by atoms with E-state index in [4.69, 9.17) is 9.52 Å². The van der Waals surface area contributed by atoms with E-state index in [0.717, 1.165) is 0 Å². The Kier molecular flexibility index (Phi) is 1.85. The van der Waals surface area contributed by atoms with Crippen molar-refractivity contribution in [1.29, 1.82) is 0 Å². The van der Waals surface area contributed by atoms with Gasteiger partial charge in [-0.15, -0.1) is 0 Å². The summed E-state index contributed by atoms with van der Waals surface area (Å²) >= 11 is 0. The van der Waals surface area contributed by atoms with Crippen LogP contribution in [0.1, 0.15) is 10.6 Å². The van der Waals surface area contributed by atoms with Gasteiger partial charge in [-0.05, 0) is 12.1 Å². The van der Waals surface area contributed by atoms with Crippen LogP contribution in [-0.2, 0) is 0 Å². The zero-order valence-corrected chi connectivity index (χ0v) is 7.44. The molecule has 0 saturated carbocycles. The Morgan fingerprint density at radius 1 is 1.64 bits per heavy atom. The molecule has 0 radical (unpaired) electrons. The number of hydrogen-bond acceptors (Lipinski definition) is 4.